The maximum absolute atomic E-state index is 13.5. The van der Waals surface area contributed by atoms with Crippen LogP contribution in [0.15, 0.2) is 36.8 Å². The van der Waals surface area contributed by atoms with Gasteiger partial charge in [-0.3, -0.25) is 9.48 Å². The summed E-state index contributed by atoms with van der Waals surface area (Å²) in [7, 11) is 1.75. The molecule has 3 aromatic rings. The molecule has 2 heterocycles. The second kappa shape index (κ2) is 10.0. The van der Waals surface area contributed by atoms with Crippen LogP contribution in [0.3, 0.4) is 0 Å². The Morgan fingerprint density at radius 3 is 2.56 bits per heavy atom. The van der Waals surface area contributed by atoms with E-state index in [1.54, 1.807) is 31.8 Å². The number of hydrogen-bond acceptors (Lipinski definition) is 4. The molecule has 2 aromatic heterocycles. The monoisotopic (exact) mass is 559 g/mol. The van der Waals surface area contributed by atoms with E-state index in [-0.39, 0.29) is 34.4 Å². The van der Waals surface area contributed by atoms with Gasteiger partial charge in [-0.1, -0.05) is 23.4 Å². The number of hydrogen-bond donors (Lipinski definition) is 2. The number of nitrogens with zero attached hydrogens (tertiary/aromatic N) is 4. The first-order valence-electron chi connectivity index (χ1n) is 12.7. The van der Waals surface area contributed by atoms with Crippen LogP contribution in [-0.2, 0) is 12.6 Å². The Morgan fingerprint density at radius 1 is 1.26 bits per heavy atom. The first kappa shape index (κ1) is 27.3. The summed E-state index contributed by atoms with van der Waals surface area (Å²) in [6.07, 6.45) is 2.91. The number of aryl methyl sites for hydroxylation is 1. The Morgan fingerprint density at radius 2 is 1.95 bits per heavy atom. The number of rotatable bonds is 5. The van der Waals surface area contributed by atoms with Gasteiger partial charge in [0.15, 0.2) is 0 Å². The van der Waals surface area contributed by atoms with Crippen molar-refractivity contribution in [2.75, 3.05) is 5.32 Å². The second-order valence-electron chi connectivity index (χ2n) is 11.1. The lowest BCUT2D eigenvalue weighted by Gasteiger charge is -2.22. The molecule has 2 aliphatic rings. The third kappa shape index (κ3) is 5.43. The molecular weight excluding hydrogens is 531 g/mol. The molecule has 0 spiro atoms. The third-order valence-electron chi connectivity index (χ3n) is 7.79. The van der Waals surface area contributed by atoms with Gasteiger partial charge in [-0.05, 0) is 75.6 Å². The van der Waals surface area contributed by atoms with Crippen LogP contribution in [0.1, 0.15) is 73.8 Å². The second-order valence-corrected chi connectivity index (χ2v) is 11.5. The molecule has 2 saturated carbocycles. The standard InChI is InChI=1S/C28H29ClF3N5O2/c1-27(2,37-9-6-22(35-37)25(31)32)7-8-28(39)13-17-10-16(11-18(17)14-28)23-24(36(3)15-33-23)26(38)34-19-4-5-21(30)20(29)12-19/h4-6,9,12,15-18,25,39H,10-11,13-14H2,1-3H3,(H,34,38). The Bertz CT molecular complexity index is 1460. The highest BCUT2D eigenvalue weighted by Gasteiger charge is 2.49. The number of halogens is 4. The van der Waals surface area contributed by atoms with Crippen molar-refractivity contribution >= 4 is 23.2 Å². The van der Waals surface area contributed by atoms with Gasteiger partial charge in [0.2, 0.25) is 0 Å². The average Bonchev–Trinajstić information content (AvgIpc) is 3.63. The van der Waals surface area contributed by atoms with Crippen LogP contribution < -0.4 is 5.32 Å². The van der Waals surface area contributed by atoms with E-state index in [0.29, 0.717) is 29.9 Å². The minimum Gasteiger partial charge on any atom is -0.378 e. The number of aliphatic hydroxyl groups is 1. The Balaban J connectivity index is 1.27. The number of amides is 1. The molecule has 0 radical (unpaired) electrons. The fourth-order valence-corrected chi connectivity index (χ4v) is 6.05. The van der Waals surface area contributed by atoms with Gasteiger partial charge in [0.05, 0.1) is 17.0 Å². The number of aromatic nitrogens is 4. The summed E-state index contributed by atoms with van der Waals surface area (Å²) in [5.74, 6) is 5.62. The molecule has 1 amide bonds. The number of fused-ring (bicyclic) bond motifs is 1. The van der Waals surface area contributed by atoms with Crippen LogP contribution in [0.4, 0.5) is 18.9 Å². The Labute approximate surface area is 229 Å². The fourth-order valence-electron chi connectivity index (χ4n) is 5.87. The van der Waals surface area contributed by atoms with E-state index in [9.17, 15) is 23.1 Å². The molecule has 1 aromatic carbocycles. The van der Waals surface area contributed by atoms with E-state index in [1.165, 1.54) is 35.1 Å². The summed E-state index contributed by atoms with van der Waals surface area (Å²) < 4.78 is 42.5. The summed E-state index contributed by atoms with van der Waals surface area (Å²) in [6, 6.07) is 5.27. The molecule has 2 aliphatic carbocycles. The fraction of sp³-hybridized carbons (Fsp3) is 0.464. The van der Waals surface area contributed by atoms with Crippen molar-refractivity contribution in [3.05, 3.63) is 64.7 Å². The lowest BCUT2D eigenvalue weighted by molar-refractivity contribution is 0.0975. The molecule has 39 heavy (non-hydrogen) atoms. The van der Waals surface area contributed by atoms with Crippen molar-refractivity contribution in [1.29, 1.82) is 0 Å². The first-order valence-corrected chi connectivity index (χ1v) is 13.1. The average molecular weight is 560 g/mol. The maximum Gasteiger partial charge on any atom is 0.282 e. The lowest BCUT2D eigenvalue weighted by Crippen LogP contribution is -2.28. The van der Waals surface area contributed by atoms with Crippen molar-refractivity contribution in [3.63, 3.8) is 0 Å². The summed E-state index contributed by atoms with van der Waals surface area (Å²) in [4.78, 5) is 17.7. The predicted octanol–water partition coefficient (Wildman–Crippen LogP) is 5.67. The topological polar surface area (TPSA) is 85.0 Å². The Hall–Kier alpha value is -3.29. The summed E-state index contributed by atoms with van der Waals surface area (Å²) in [5, 5.41) is 17.9. The van der Waals surface area contributed by atoms with Crippen LogP contribution in [0.2, 0.25) is 5.02 Å². The molecule has 0 saturated heterocycles. The number of carbonyl (C=O) groups excluding carboxylic acids is 1. The molecule has 0 aliphatic heterocycles. The highest BCUT2D eigenvalue weighted by molar-refractivity contribution is 6.31. The van der Waals surface area contributed by atoms with Crippen molar-refractivity contribution in [2.45, 2.75) is 63.0 Å². The molecule has 11 heteroatoms. The minimum atomic E-state index is -2.66. The highest BCUT2D eigenvalue weighted by atomic mass is 35.5. The van der Waals surface area contributed by atoms with Crippen LogP contribution >= 0.6 is 11.6 Å². The SMILES string of the molecule is Cn1cnc(C2CC3CC(O)(C#CC(C)(C)n4ccc(C(F)F)n4)CC3C2)c1C(=O)Nc1ccc(F)c(Cl)c1. The van der Waals surface area contributed by atoms with Crippen LogP contribution in [0, 0.1) is 29.5 Å². The van der Waals surface area contributed by atoms with Gasteiger partial charge in [-0.15, -0.1) is 0 Å². The first-order chi connectivity index (χ1) is 18.3. The van der Waals surface area contributed by atoms with Gasteiger partial charge in [0, 0.05) is 24.8 Å². The van der Waals surface area contributed by atoms with Crippen LogP contribution in [0.25, 0.3) is 0 Å². The van der Waals surface area contributed by atoms with Gasteiger partial charge in [-0.2, -0.15) is 5.10 Å². The zero-order valence-electron chi connectivity index (χ0n) is 21.8. The van der Waals surface area contributed by atoms with Crippen molar-refractivity contribution in [1.82, 2.24) is 19.3 Å². The van der Waals surface area contributed by atoms with Gasteiger partial charge in [0.1, 0.15) is 28.3 Å². The molecule has 2 atom stereocenters. The number of imidazole rings is 1. The lowest BCUT2D eigenvalue weighted by atomic mass is 9.91. The normalized spacial score (nSPS) is 24.5. The van der Waals surface area contributed by atoms with Gasteiger partial charge in [0.25, 0.3) is 12.3 Å². The van der Waals surface area contributed by atoms with E-state index in [1.807, 2.05) is 0 Å². The number of anilines is 1. The number of carbonyl (C=O) groups is 1. The van der Waals surface area contributed by atoms with Crippen molar-refractivity contribution < 1.29 is 23.1 Å². The zero-order chi connectivity index (χ0) is 28.1. The van der Waals surface area contributed by atoms with E-state index in [4.69, 9.17) is 11.6 Å². The molecule has 2 N–H and O–H groups in total. The molecule has 7 nitrogen and oxygen atoms in total. The number of benzene rings is 1. The predicted molar refractivity (Wildman–Crippen MR) is 140 cm³/mol. The van der Waals surface area contributed by atoms with Crippen molar-refractivity contribution in [2.24, 2.45) is 18.9 Å². The van der Waals surface area contributed by atoms with Gasteiger partial charge >= 0.3 is 0 Å². The van der Waals surface area contributed by atoms with E-state index in [0.717, 1.165) is 12.8 Å². The summed E-state index contributed by atoms with van der Waals surface area (Å²) >= 11 is 5.85. The van der Waals surface area contributed by atoms with Crippen LogP contribution in [-0.4, -0.2) is 35.9 Å². The smallest absolute Gasteiger partial charge is 0.282 e. The Kier molecular flexibility index (Phi) is 7.02. The van der Waals surface area contributed by atoms with E-state index in [2.05, 4.69) is 27.2 Å². The largest absolute Gasteiger partial charge is 0.378 e. The minimum absolute atomic E-state index is 0.0459. The van der Waals surface area contributed by atoms with Gasteiger partial charge in [-0.25, -0.2) is 18.2 Å². The summed E-state index contributed by atoms with van der Waals surface area (Å²) in [5.41, 5.74) is -0.847. The van der Waals surface area contributed by atoms with E-state index < -0.39 is 23.4 Å². The van der Waals surface area contributed by atoms with Crippen LogP contribution in [0.5, 0.6) is 0 Å². The van der Waals surface area contributed by atoms with Crippen molar-refractivity contribution in [3.8, 4) is 11.8 Å². The molecule has 206 valence electrons. The van der Waals surface area contributed by atoms with E-state index >= 15 is 0 Å². The molecule has 0 bridgehead atoms. The molecule has 5 rings (SSSR count). The number of alkyl halides is 2. The summed E-state index contributed by atoms with van der Waals surface area (Å²) in [6.45, 7) is 3.54. The number of nitrogens with one attached hydrogen (secondary N) is 1. The molecule has 2 fully saturated rings. The zero-order valence-corrected chi connectivity index (χ0v) is 22.5. The molecule has 2 unspecified atom stereocenters. The quantitative estimate of drug-likeness (QED) is 0.394. The maximum atomic E-state index is 13.5. The molecular formula is C28H29ClF3N5O2. The highest BCUT2D eigenvalue weighted by Crippen LogP contribution is 2.54. The van der Waals surface area contributed by atoms with Gasteiger partial charge < -0.3 is 15.0 Å². The third-order valence-corrected chi connectivity index (χ3v) is 8.08.